The van der Waals surface area contributed by atoms with Crippen molar-refractivity contribution in [3.63, 3.8) is 0 Å². The Morgan fingerprint density at radius 1 is 0.914 bits per heavy atom. The summed E-state index contributed by atoms with van der Waals surface area (Å²) in [5, 5.41) is 14.2. The van der Waals surface area contributed by atoms with Gasteiger partial charge < -0.3 is 19.6 Å². The zero-order chi connectivity index (χ0) is 25.0. The standard InChI is InChI=1S/C30H47NO4/c1-2-3-4-5-6-7-8-9-10-11-12-13-14-15-16-19-22-31-24-26(32)25-34-29-23-30(33)35-28-21-18-17-20-27(28)29/h9-10,17-18,20-21,23,26,31-32H,2-8,11-16,19,22,24-25H2,1H3/b10-9+/t26-/m1/s1. The second kappa shape index (κ2) is 19.1. The molecule has 0 bridgehead atoms. The van der Waals surface area contributed by atoms with Gasteiger partial charge in [-0.25, -0.2) is 4.79 Å². The van der Waals surface area contributed by atoms with Crippen LogP contribution in [-0.2, 0) is 0 Å². The van der Waals surface area contributed by atoms with Gasteiger partial charge in [-0.3, -0.25) is 0 Å². The number of hydrogen-bond acceptors (Lipinski definition) is 5. The first-order chi connectivity index (χ1) is 17.2. The van der Waals surface area contributed by atoms with Gasteiger partial charge in [0, 0.05) is 6.54 Å². The van der Waals surface area contributed by atoms with Crippen LogP contribution in [0.2, 0.25) is 0 Å². The van der Waals surface area contributed by atoms with Gasteiger partial charge in [0.15, 0.2) is 0 Å². The first-order valence-electron chi connectivity index (χ1n) is 13.9. The molecule has 0 fully saturated rings. The van der Waals surface area contributed by atoms with Crippen LogP contribution < -0.4 is 15.7 Å². The summed E-state index contributed by atoms with van der Waals surface area (Å²) in [7, 11) is 0. The van der Waals surface area contributed by atoms with Crippen LogP contribution in [0.15, 0.2) is 51.7 Å². The molecule has 2 aromatic rings. The second-order valence-electron chi connectivity index (χ2n) is 9.53. The lowest BCUT2D eigenvalue weighted by atomic mass is 10.1. The van der Waals surface area contributed by atoms with Gasteiger partial charge in [0.2, 0.25) is 0 Å². The van der Waals surface area contributed by atoms with Crippen molar-refractivity contribution >= 4 is 11.0 Å². The van der Waals surface area contributed by atoms with E-state index in [0.29, 0.717) is 17.9 Å². The molecule has 1 heterocycles. The molecule has 5 nitrogen and oxygen atoms in total. The van der Waals surface area contributed by atoms with E-state index < -0.39 is 11.7 Å². The summed E-state index contributed by atoms with van der Waals surface area (Å²) >= 11 is 0. The van der Waals surface area contributed by atoms with E-state index in [1.807, 2.05) is 18.2 Å². The molecule has 35 heavy (non-hydrogen) atoms. The number of rotatable bonds is 21. The SMILES string of the molecule is CCCCCCCC/C=C/CCCCCCCCNC[C@@H](O)COc1cc(=O)oc2ccccc12. The quantitative estimate of drug-likeness (QED) is 0.111. The Labute approximate surface area is 212 Å². The molecule has 0 aliphatic heterocycles. The van der Waals surface area contributed by atoms with Crippen LogP contribution in [0.3, 0.4) is 0 Å². The lowest BCUT2D eigenvalue weighted by Gasteiger charge is -2.14. The van der Waals surface area contributed by atoms with Gasteiger partial charge in [-0.2, -0.15) is 0 Å². The van der Waals surface area contributed by atoms with E-state index in [0.717, 1.165) is 18.4 Å². The van der Waals surface area contributed by atoms with Gasteiger partial charge >= 0.3 is 5.63 Å². The summed E-state index contributed by atoms with van der Waals surface area (Å²) in [6.07, 6.45) is 22.4. The maximum Gasteiger partial charge on any atom is 0.339 e. The van der Waals surface area contributed by atoms with E-state index >= 15 is 0 Å². The highest BCUT2D eigenvalue weighted by molar-refractivity contribution is 5.82. The molecular formula is C30H47NO4. The van der Waals surface area contributed by atoms with Crippen LogP contribution in [0, 0.1) is 0 Å². The highest BCUT2D eigenvalue weighted by atomic mass is 16.5. The summed E-state index contributed by atoms with van der Waals surface area (Å²) in [5.74, 6) is 0.448. The Bertz CT molecular complexity index is 876. The average Bonchev–Trinajstić information content (AvgIpc) is 2.86. The lowest BCUT2D eigenvalue weighted by molar-refractivity contribution is 0.107. The van der Waals surface area contributed by atoms with Crippen molar-refractivity contribution in [2.45, 2.75) is 103 Å². The molecule has 2 rings (SSSR count). The molecule has 196 valence electrons. The van der Waals surface area contributed by atoms with E-state index in [1.165, 1.54) is 89.5 Å². The third-order valence-corrected chi connectivity index (χ3v) is 6.29. The van der Waals surface area contributed by atoms with Gasteiger partial charge in [-0.15, -0.1) is 0 Å². The molecule has 1 aromatic heterocycles. The topological polar surface area (TPSA) is 71.7 Å². The van der Waals surface area contributed by atoms with Crippen LogP contribution in [0.4, 0.5) is 0 Å². The van der Waals surface area contributed by atoms with Crippen molar-refractivity contribution in [1.82, 2.24) is 5.32 Å². The van der Waals surface area contributed by atoms with Crippen LogP contribution in [-0.4, -0.2) is 30.9 Å². The molecule has 5 heteroatoms. The number of ether oxygens (including phenoxy) is 1. The van der Waals surface area contributed by atoms with Gasteiger partial charge in [-0.05, 0) is 50.8 Å². The Morgan fingerprint density at radius 3 is 2.26 bits per heavy atom. The number of unbranched alkanes of at least 4 members (excludes halogenated alkanes) is 12. The third-order valence-electron chi connectivity index (χ3n) is 6.29. The van der Waals surface area contributed by atoms with E-state index in [2.05, 4.69) is 24.4 Å². The van der Waals surface area contributed by atoms with Crippen molar-refractivity contribution in [2.75, 3.05) is 19.7 Å². The Balaban J connectivity index is 1.39. The molecule has 1 atom stereocenters. The number of aliphatic hydroxyl groups excluding tert-OH is 1. The molecule has 0 saturated heterocycles. The van der Waals surface area contributed by atoms with Crippen molar-refractivity contribution in [1.29, 1.82) is 0 Å². The summed E-state index contributed by atoms with van der Waals surface area (Å²) in [5.41, 5.74) is 0.0360. The van der Waals surface area contributed by atoms with Crippen molar-refractivity contribution < 1.29 is 14.3 Å². The fourth-order valence-corrected chi connectivity index (χ4v) is 4.21. The van der Waals surface area contributed by atoms with Crippen molar-refractivity contribution in [3.8, 4) is 5.75 Å². The largest absolute Gasteiger partial charge is 0.490 e. The van der Waals surface area contributed by atoms with Crippen molar-refractivity contribution in [2.24, 2.45) is 0 Å². The maximum absolute atomic E-state index is 11.7. The molecule has 0 unspecified atom stereocenters. The molecule has 0 amide bonds. The van der Waals surface area contributed by atoms with Gasteiger partial charge in [0.25, 0.3) is 0 Å². The fraction of sp³-hybridized carbons (Fsp3) is 0.633. The predicted molar refractivity (Wildman–Crippen MR) is 146 cm³/mol. The predicted octanol–water partition coefficient (Wildman–Crippen LogP) is 7.16. The molecular weight excluding hydrogens is 438 g/mol. The summed E-state index contributed by atoms with van der Waals surface area (Å²) < 4.78 is 10.9. The third kappa shape index (κ3) is 13.5. The van der Waals surface area contributed by atoms with E-state index in [4.69, 9.17) is 9.15 Å². The van der Waals surface area contributed by atoms with Gasteiger partial charge in [-0.1, -0.05) is 89.0 Å². The molecule has 0 aliphatic rings. The monoisotopic (exact) mass is 485 g/mol. The highest BCUT2D eigenvalue weighted by Crippen LogP contribution is 2.23. The van der Waals surface area contributed by atoms with E-state index in [-0.39, 0.29) is 6.61 Å². The minimum Gasteiger partial charge on any atom is -0.490 e. The lowest BCUT2D eigenvalue weighted by Crippen LogP contribution is -2.32. The number of fused-ring (bicyclic) bond motifs is 1. The average molecular weight is 486 g/mol. The normalized spacial score (nSPS) is 12.5. The summed E-state index contributed by atoms with van der Waals surface area (Å²) in [6.45, 7) is 3.78. The van der Waals surface area contributed by atoms with Crippen LogP contribution in [0.25, 0.3) is 11.0 Å². The van der Waals surface area contributed by atoms with Crippen LogP contribution >= 0.6 is 0 Å². The molecule has 2 N–H and O–H groups in total. The molecule has 0 aliphatic carbocycles. The number of hydrogen-bond donors (Lipinski definition) is 2. The summed E-state index contributed by atoms with van der Waals surface area (Å²) in [6, 6.07) is 8.57. The van der Waals surface area contributed by atoms with E-state index in [1.54, 1.807) is 6.07 Å². The van der Waals surface area contributed by atoms with Gasteiger partial charge in [0.05, 0.1) is 11.5 Å². The first-order valence-corrected chi connectivity index (χ1v) is 13.9. The van der Waals surface area contributed by atoms with Crippen LogP contribution in [0.1, 0.15) is 96.8 Å². The molecule has 1 aromatic carbocycles. The number of allylic oxidation sites excluding steroid dienone is 2. The Kier molecular flexibility index (Phi) is 15.9. The van der Waals surface area contributed by atoms with E-state index in [9.17, 15) is 9.90 Å². The Hall–Kier alpha value is -2.11. The smallest absolute Gasteiger partial charge is 0.339 e. The number of para-hydroxylation sites is 1. The number of nitrogens with one attached hydrogen (secondary N) is 1. The zero-order valence-electron chi connectivity index (χ0n) is 21.8. The molecule has 0 radical (unpaired) electrons. The number of aliphatic hydroxyl groups is 1. The molecule has 0 spiro atoms. The highest BCUT2D eigenvalue weighted by Gasteiger charge is 2.09. The van der Waals surface area contributed by atoms with Gasteiger partial charge in [0.1, 0.15) is 24.0 Å². The van der Waals surface area contributed by atoms with Crippen molar-refractivity contribution in [3.05, 3.63) is 52.9 Å². The molecule has 0 saturated carbocycles. The minimum atomic E-state index is -0.630. The van der Waals surface area contributed by atoms with Crippen LogP contribution in [0.5, 0.6) is 5.75 Å². The number of benzene rings is 1. The Morgan fingerprint density at radius 2 is 1.54 bits per heavy atom. The zero-order valence-corrected chi connectivity index (χ0v) is 21.8. The summed E-state index contributed by atoms with van der Waals surface area (Å²) in [4.78, 5) is 11.7. The first kappa shape index (κ1) is 29.1. The second-order valence-corrected chi connectivity index (χ2v) is 9.53. The fourth-order valence-electron chi connectivity index (χ4n) is 4.21. The maximum atomic E-state index is 11.7. The minimum absolute atomic E-state index is 0.133.